The van der Waals surface area contributed by atoms with Crippen LogP contribution in [0.3, 0.4) is 0 Å². The van der Waals surface area contributed by atoms with Crippen LogP contribution in [0.1, 0.15) is 10.4 Å². The Kier molecular flexibility index (Phi) is 3.16. The number of ether oxygens (including phenoxy) is 1. The second-order valence-electron chi connectivity index (χ2n) is 4.37. The van der Waals surface area contributed by atoms with Gasteiger partial charge in [-0.3, -0.25) is 0 Å². The van der Waals surface area contributed by atoms with E-state index in [4.69, 9.17) is 9.84 Å². The maximum atomic E-state index is 11.0. The molecule has 0 saturated heterocycles. The first kappa shape index (κ1) is 12.7. The lowest BCUT2D eigenvalue weighted by Crippen LogP contribution is -1.91. The summed E-state index contributed by atoms with van der Waals surface area (Å²) < 4.78 is 5.37. The number of hydrogen-bond acceptors (Lipinski definition) is 3. The number of carboxylic acids is 1. The van der Waals surface area contributed by atoms with Crippen molar-refractivity contribution >= 4 is 28.1 Å². The average Bonchev–Trinajstić information content (AvgIpc) is 2.96. The van der Waals surface area contributed by atoms with Crippen molar-refractivity contribution in [3.05, 3.63) is 53.4 Å². The van der Waals surface area contributed by atoms with Crippen molar-refractivity contribution in [1.82, 2.24) is 0 Å². The number of fused-ring (bicyclic) bond motifs is 1. The molecule has 0 unspecified atom stereocenters. The van der Waals surface area contributed by atoms with Crippen molar-refractivity contribution in [2.75, 3.05) is 7.11 Å². The molecule has 0 aliphatic heterocycles. The van der Waals surface area contributed by atoms with Crippen molar-refractivity contribution in [3.63, 3.8) is 0 Å². The van der Waals surface area contributed by atoms with Gasteiger partial charge in [0.1, 0.15) is 5.75 Å². The van der Waals surface area contributed by atoms with Gasteiger partial charge in [-0.1, -0.05) is 24.3 Å². The van der Waals surface area contributed by atoms with Gasteiger partial charge in [-0.25, -0.2) is 4.79 Å². The van der Waals surface area contributed by atoms with Gasteiger partial charge in [0, 0.05) is 15.6 Å². The minimum atomic E-state index is -0.898. The summed E-state index contributed by atoms with van der Waals surface area (Å²) >= 11 is 1.44. The van der Waals surface area contributed by atoms with Crippen LogP contribution in [0.2, 0.25) is 0 Å². The van der Waals surface area contributed by atoms with Gasteiger partial charge in [0.15, 0.2) is 0 Å². The molecule has 0 aliphatic rings. The molecule has 100 valence electrons. The van der Waals surface area contributed by atoms with Crippen LogP contribution >= 0.6 is 11.3 Å². The molecule has 1 heterocycles. The standard InChI is InChI=1S/C16H12O3S/c1-19-14-7-6-13(11-4-2-3-5-12(11)14)15-8-10(9-20-15)16(17)18/h2-9H,1H3,(H,17,18). The molecular weight excluding hydrogens is 272 g/mol. The quantitative estimate of drug-likeness (QED) is 0.781. The third-order valence-electron chi connectivity index (χ3n) is 3.22. The van der Waals surface area contributed by atoms with E-state index in [1.807, 2.05) is 36.4 Å². The zero-order chi connectivity index (χ0) is 14.1. The molecule has 0 spiro atoms. The van der Waals surface area contributed by atoms with E-state index in [2.05, 4.69) is 0 Å². The van der Waals surface area contributed by atoms with Gasteiger partial charge in [-0.15, -0.1) is 11.3 Å². The molecule has 0 saturated carbocycles. The Morgan fingerprint density at radius 1 is 1.15 bits per heavy atom. The van der Waals surface area contributed by atoms with Crippen LogP contribution in [0.25, 0.3) is 21.2 Å². The third kappa shape index (κ3) is 2.04. The minimum absolute atomic E-state index is 0.324. The van der Waals surface area contributed by atoms with Crippen LogP contribution in [-0.4, -0.2) is 18.2 Å². The Hall–Kier alpha value is -2.33. The summed E-state index contributed by atoms with van der Waals surface area (Å²) in [4.78, 5) is 11.9. The fraction of sp³-hybridized carbons (Fsp3) is 0.0625. The van der Waals surface area contributed by atoms with Crippen molar-refractivity contribution < 1.29 is 14.6 Å². The molecule has 0 amide bonds. The molecule has 0 radical (unpaired) electrons. The smallest absolute Gasteiger partial charge is 0.336 e. The number of benzene rings is 2. The summed E-state index contributed by atoms with van der Waals surface area (Å²) in [6.07, 6.45) is 0. The molecule has 3 aromatic rings. The Morgan fingerprint density at radius 2 is 1.90 bits per heavy atom. The lowest BCUT2D eigenvalue weighted by atomic mass is 10.0. The van der Waals surface area contributed by atoms with E-state index in [1.54, 1.807) is 18.6 Å². The number of carboxylic acid groups (broad SMARTS) is 1. The third-order valence-corrected chi connectivity index (χ3v) is 4.18. The van der Waals surface area contributed by atoms with Gasteiger partial charge < -0.3 is 9.84 Å². The summed E-state index contributed by atoms with van der Waals surface area (Å²) in [7, 11) is 1.65. The van der Waals surface area contributed by atoms with E-state index in [-0.39, 0.29) is 0 Å². The van der Waals surface area contributed by atoms with E-state index in [0.29, 0.717) is 5.56 Å². The topological polar surface area (TPSA) is 46.5 Å². The average molecular weight is 284 g/mol. The van der Waals surface area contributed by atoms with Gasteiger partial charge in [-0.2, -0.15) is 0 Å². The first-order valence-electron chi connectivity index (χ1n) is 6.08. The number of carbonyl (C=O) groups is 1. The van der Waals surface area contributed by atoms with Crippen LogP contribution in [0, 0.1) is 0 Å². The lowest BCUT2D eigenvalue weighted by molar-refractivity contribution is 0.0697. The zero-order valence-corrected chi connectivity index (χ0v) is 11.6. The van der Waals surface area contributed by atoms with E-state index in [9.17, 15) is 4.79 Å². The number of hydrogen-bond donors (Lipinski definition) is 1. The van der Waals surface area contributed by atoms with Gasteiger partial charge in [0.05, 0.1) is 12.7 Å². The van der Waals surface area contributed by atoms with Crippen LogP contribution in [-0.2, 0) is 0 Å². The van der Waals surface area contributed by atoms with Crippen LogP contribution in [0.5, 0.6) is 5.75 Å². The summed E-state index contributed by atoms with van der Waals surface area (Å²) in [6, 6.07) is 13.6. The second kappa shape index (κ2) is 4.98. The fourth-order valence-electron chi connectivity index (χ4n) is 2.25. The summed E-state index contributed by atoms with van der Waals surface area (Å²) in [5.41, 5.74) is 1.35. The number of thiophene rings is 1. The highest BCUT2D eigenvalue weighted by Gasteiger charge is 2.12. The first-order chi connectivity index (χ1) is 9.70. The summed E-state index contributed by atoms with van der Waals surface area (Å²) in [5, 5.41) is 12.8. The van der Waals surface area contributed by atoms with Crippen LogP contribution in [0.4, 0.5) is 0 Å². The highest BCUT2D eigenvalue weighted by Crippen LogP contribution is 2.37. The molecule has 0 atom stereocenters. The molecule has 3 nitrogen and oxygen atoms in total. The summed E-state index contributed by atoms with van der Waals surface area (Å²) in [6.45, 7) is 0. The maximum Gasteiger partial charge on any atom is 0.336 e. The number of methoxy groups -OCH3 is 1. The van der Waals surface area contributed by atoms with E-state index in [1.165, 1.54) is 11.3 Å². The highest BCUT2D eigenvalue weighted by molar-refractivity contribution is 7.14. The van der Waals surface area contributed by atoms with Crippen LogP contribution in [0.15, 0.2) is 47.8 Å². The Morgan fingerprint density at radius 3 is 2.55 bits per heavy atom. The fourth-order valence-corrected chi connectivity index (χ4v) is 3.18. The molecule has 1 N–H and O–H groups in total. The van der Waals surface area contributed by atoms with Gasteiger partial charge in [0.25, 0.3) is 0 Å². The molecule has 3 rings (SSSR count). The van der Waals surface area contributed by atoms with Crippen molar-refractivity contribution in [1.29, 1.82) is 0 Å². The van der Waals surface area contributed by atoms with E-state index >= 15 is 0 Å². The molecule has 20 heavy (non-hydrogen) atoms. The van der Waals surface area contributed by atoms with Gasteiger partial charge >= 0.3 is 5.97 Å². The molecule has 0 bridgehead atoms. The molecule has 0 fully saturated rings. The molecule has 1 aromatic heterocycles. The zero-order valence-electron chi connectivity index (χ0n) is 10.8. The predicted molar refractivity (Wildman–Crippen MR) is 80.8 cm³/mol. The molecule has 0 aliphatic carbocycles. The number of aromatic carboxylic acids is 1. The van der Waals surface area contributed by atoms with Gasteiger partial charge in [-0.05, 0) is 29.1 Å². The van der Waals surface area contributed by atoms with Crippen molar-refractivity contribution in [2.24, 2.45) is 0 Å². The second-order valence-corrected chi connectivity index (χ2v) is 5.28. The van der Waals surface area contributed by atoms with E-state index < -0.39 is 5.97 Å². The highest BCUT2D eigenvalue weighted by atomic mass is 32.1. The minimum Gasteiger partial charge on any atom is -0.496 e. The SMILES string of the molecule is COc1ccc(-c2cc(C(=O)O)cs2)c2ccccc12. The molecular formula is C16H12O3S. The Labute approximate surface area is 120 Å². The monoisotopic (exact) mass is 284 g/mol. The van der Waals surface area contributed by atoms with Crippen LogP contribution < -0.4 is 4.74 Å². The molecule has 2 aromatic carbocycles. The Bertz CT molecular complexity index is 789. The summed E-state index contributed by atoms with van der Waals surface area (Å²) in [5.74, 6) is -0.0790. The predicted octanol–water partition coefficient (Wildman–Crippen LogP) is 4.28. The molecule has 4 heteroatoms. The Balaban J connectivity index is 2.23. The maximum absolute atomic E-state index is 11.0. The lowest BCUT2D eigenvalue weighted by Gasteiger charge is -2.09. The number of rotatable bonds is 3. The van der Waals surface area contributed by atoms with E-state index in [0.717, 1.165) is 27.0 Å². The van der Waals surface area contributed by atoms with Gasteiger partial charge in [0.2, 0.25) is 0 Å². The van der Waals surface area contributed by atoms with Crippen molar-refractivity contribution in [2.45, 2.75) is 0 Å². The largest absolute Gasteiger partial charge is 0.496 e. The first-order valence-corrected chi connectivity index (χ1v) is 6.96. The van der Waals surface area contributed by atoms with Crippen molar-refractivity contribution in [3.8, 4) is 16.2 Å². The normalized spacial score (nSPS) is 10.7.